The summed E-state index contributed by atoms with van der Waals surface area (Å²) in [5, 5.41) is 0. The number of benzene rings is 2. The Morgan fingerprint density at radius 2 is 1.54 bits per heavy atom. The molecule has 2 aromatic carbocycles. The minimum absolute atomic E-state index is 0.119. The Labute approximate surface area is 162 Å². The number of esters is 1. The van der Waals surface area contributed by atoms with Crippen LogP contribution in [0.15, 0.2) is 42.5 Å². The number of carbonyl (C=O) groups is 2. The van der Waals surface area contributed by atoms with Gasteiger partial charge < -0.3 is 23.8 Å². The number of rotatable bonds is 9. The normalized spacial score (nSPS) is 10.1. The van der Waals surface area contributed by atoms with Crippen molar-refractivity contribution in [2.24, 2.45) is 0 Å². The lowest BCUT2D eigenvalue weighted by atomic mass is 10.2. The van der Waals surface area contributed by atoms with E-state index in [9.17, 15) is 14.0 Å². The molecule has 0 unspecified atom stereocenters. The quantitative estimate of drug-likeness (QED) is 0.612. The van der Waals surface area contributed by atoms with Gasteiger partial charge >= 0.3 is 5.97 Å². The van der Waals surface area contributed by atoms with Crippen LogP contribution in [0.4, 0.5) is 4.39 Å². The number of amides is 1. The van der Waals surface area contributed by atoms with E-state index in [1.807, 2.05) is 0 Å². The molecule has 0 spiro atoms. The van der Waals surface area contributed by atoms with Gasteiger partial charge in [-0.25, -0.2) is 4.39 Å². The molecule has 0 aliphatic heterocycles. The van der Waals surface area contributed by atoms with Gasteiger partial charge in [-0.05, 0) is 42.0 Å². The fourth-order valence-electron chi connectivity index (χ4n) is 2.40. The molecule has 0 saturated carbocycles. The van der Waals surface area contributed by atoms with Crippen LogP contribution in [-0.2, 0) is 20.9 Å². The molecule has 0 aliphatic carbocycles. The van der Waals surface area contributed by atoms with Gasteiger partial charge in [0.1, 0.15) is 29.6 Å². The standard InChI is InChI=1S/C20H22FNO6/c1-25-17-8-14(9-18(10-17)26-2)11-22(12-20(24)27-3)19(23)13-28-16-6-4-15(21)5-7-16/h4-10H,11-13H2,1-3H3. The predicted octanol–water partition coefficient (Wildman–Crippen LogP) is 2.42. The molecule has 0 radical (unpaired) electrons. The maximum Gasteiger partial charge on any atom is 0.325 e. The van der Waals surface area contributed by atoms with E-state index in [4.69, 9.17) is 14.2 Å². The summed E-state index contributed by atoms with van der Waals surface area (Å²) in [6.45, 7) is -0.445. The van der Waals surface area contributed by atoms with E-state index in [0.717, 1.165) is 0 Å². The molecule has 0 bridgehead atoms. The highest BCUT2D eigenvalue weighted by Crippen LogP contribution is 2.23. The van der Waals surface area contributed by atoms with Crippen LogP contribution in [0, 0.1) is 5.82 Å². The summed E-state index contributed by atoms with van der Waals surface area (Å²) in [5.74, 6) is 0.0556. The van der Waals surface area contributed by atoms with Crippen LogP contribution in [0.5, 0.6) is 17.2 Å². The maximum absolute atomic E-state index is 13.0. The number of nitrogens with zero attached hydrogens (tertiary/aromatic N) is 1. The lowest BCUT2D eigenvalue weighted by Crippen LogP contribution is -2.38. The van der Waals surface area contributed by atoms with E-state index in [-0.39, 0.29) is 19.7 Å². The van der Waals surface area contributed by atoms with Crippen molar-refractivity contribution >= 4 is 11.9 Å². The van der Waals surface area contributed by atoms with Gasteiger partial charge in [-0.15, -0.1) is 0 Å². The SMILES string of the molecule is COC(=O)CN(Cc1cc(OC)cc(OC)c1)C(=O)COc1ccc(F)cc1. The summed E-state index contributed by atoms with van der Waals surface area (Å²) in [5.41, 5.74) is 0.704. The Balaban J connectivity index is 2.13. The van der Waals surface area contributed by atoms with E-state index in [0.29, 0.717) is 22.8 Å². The zero-order valence-electron chi connectivity index (χ0n) is 15.9. The molecular weight excluding hydrogens is 369 g/mol. The predicted molar refractivity (Wildman–Crippen MR) is 98.9 cm³/mol. The first-order chi connectivity index (χ1) is 13.4. The van der Waals surface area contributed by atoms with Crippen LogP contribution in [0.3, 0.4) is 0 Å². The minimum Gasteiger partial charge on any atom is -0.497 e. The first-order valence-electron chi connectivity index (χ1n) is 8.40. The van der Waals surface area contributed by atoms with E-state index >= 15 is 0 Å². The molecule has 2 aromatic rings. The van der Waals surface area contributed by atoms with Crippen LogP contribution in [0.25, 0.3) is 0 Å². The van der Waals surface area contributed by atoms with Crippen LogP contribution in [-0.4, -0.2) is 51.3 Å². The van der Waals surface area contributed by atoms with Crippen molar-refractivity contribution in [1.29, 1.82) is 0 Å². The lowest BCUT2D eigenvalue weighted by molar-refractivity contribution is -0.148. The van der Waals surface area contributed by atoms with Crippen molar-refractivity contribution in [3.63, 3.8) is 0 Å². The minimum atomic E-state index is -0.565. The molecule has 0 fully saturated rings. The largest absolute Gasteiger partial charge is 0.497 e. The van der Waals surface area contributed by atoms with Crippen molar-refractivity contribution in [2.75, 3.05) is 34.5 Å². The molecule has 0 aromatic heterocycles. The van der Waals surface area contributed by atoms with Crippen LogP contribution in [0.1, 0.15) is 5.56 Å². The van der Waals surface area contributed by atoms with Gasteiger partial charge in [-0.1, -0.05) is 0 Å². The molecule has 0 N–H and O–H groups in total. The lowest BCUT2D eigenvalue weighted by Gasteiger charge is -2.22. The number of hydrogen-bond acceptors (Lipinski definition) is 6. The molecule has 0 saturated heterocycles. The van der Waals surface area contributed by atoms with Crippen LogP contribution >= 0.6 is 0 Å². The van der Waals surface area contributed by atoms with Gasteiger partial charge in [0, 0.05) is 12.6 Å². The summed E-state index contributed by atoms with van der Waals surface area (Å²) in [6.07, 6.45) is 0. The molecular formula is C20H22FNO6. The molecule has 0 heterocycles. The number of ether oxygens (including phenoxy) is 4. The zero-order valence-corrected chi connectivity index (χ0v) is 15.9. The van der Waals surface area contributed by atoms with Gasteiger partial charge in [-0.3, -0.25) is 9.59 Å². The van der Waals surface area contributed by atoms with Crippen LogP contribution < -0.4 is 14.2 Å². The number of halogens is 1. The molecule has 1 amide bonds. The smallest absolute Gasteiger partial charge is 0.325 e. The average Bonchev–Trinajstić information content (AvgIpc) is 2.72. The highest BCUT2D eigenvalue weighted by Gasteiger charge is 2.19. The van der Waals surface area contributed by atoms with Gasteiger partial charge in [0.25, 0.3) is 5.91 Å². The van der Waals surface area contributed by atoms with E-state index in [1.54, 1.807) is 18.2 Å². The monoisotopic (exact) mass is 391 g/mol. The fourth-order valence-corrected chi connectivity index (χ4v) is 2.40. The molecule has 150 valence electrons. The Morgan fingerprint density at radius 3 is 2.07 bits per heavy atom. The molecule has 7 nitrogen and oxygen atoms in total. The van der Waals surface area contributed by atoms with E-state index < -0.39 is 17.7 Å². The Kier molecular flexibility index (Phi) is 7.62. The van der Waals surface area contributed by atoms with Gasteiger partial charge in [-0.2, -0.15) is 0 Å². The molecule has 0 atom stereocenters. The van der Waals surface area contributed by atoms with Gasteiger partial charge in [0.15, 0.2) is 6.61 Å². The fraction of sp³-hybridized carbons (Fsp3) is 0.300. The van der Waals surface area contributed by atoms with Gasteiger partial charge in [0.2, 0.25) is 0 Å². The van der Waals surface area contributed by atoms with E-state index in [1.165, 1.54) is 50.5 Å². The summed E-state index contributed by atoms with van der Waals surface area (Å²) in [7, 11) is 4.29. The maximum atomic E-state index is 13.0. The van der Waals surface area contributed by atoms with Crippen molar-refractivity contribution in [1.82, 2.24) is 4.90 Å². The second kappa shape index (κ2) is 10.1. The summed E-state index contributed by atoms with van der Waals surface area (Å²) < 4.78 is 33.5. The van der Waals surface area contributed by atoms with Crippen molar-refractivity contribution < 1.29 is 32.9 Å². The molecule has 2 rings (SSSR count). The highest BCUT2D eigenvalue weighted by atomic mass is 19.1. The first kappa shape index (κ1) is 21.0. The Bertz CT molecular complexity index is 787. The third-order valence-corrected chi connectivity index (χ3v) is 3.86. The van der Waals surface area contributed by atoms with Crippen molar-refractivity contribution in [2.45, 2.75) is 6.54 Å². The third kappa shape index (κ3) is 6.15. The summed E-state index contributed by atoms with van der Waals surface area (Å²) in [6, 6.07) is 10.5. The summed E-state index contributed by atoms with van der Waals surface area (Å²) >= 11 is 0. The topological polar surface area (TPSA) is 74.3 Å². The first-order valence-corrected chi connectivity index (χ1v) is 8.40. The highest BCUT2D eigenvalue weighted by molar-refractivity contribution is 5.83. The number of hydrogen-bond donors (Lipinski definition) is 0. The van der Waals surface area contributed by atoms with E-state index in [2.05, 4.69) is 4.74 Å². The third-order valence-electron chi connectivity index (χ3n) is 3.86. The number of methoxy groups -OCH3 is 3. The molecule has 0 aliphatic rings. The van der Waals surface area contributed by atoms with Crippen molar-refractivity contribution in [3.8, 4) is 17.2 Å². The average molecular weight is 391 g/mol. The Morgan fingerprint density at radius 1 is 0.929 bits per heavy atom. The summed E-state index contributed by atoms with van der Waals surface area (Å²) in [4.78, 5) is 25.6. The Hall–Kier alpha value is -3.29. The molecule has 8 heteroatoms. The van der Waals surface area contributed by atoms with Crippen LogP contribution in [0.2, 0.25) is 0 Å². The zero-order chi connectivity index (χ0) is 20.5. The second-order valence-electron chi connectivity index (χ2n) is 5.79. The molecule has 28 heavy (non-hydrogen) atoms. The van der Waals surface area contributed by atoms with Crippen molar-refractivity contribution in [3.05, 3.63) is 53.8 Å². The number of carbonyl (C=O) groups excluding carboxylic acids is 2. The second-order valence-corrected chi connectivity index (χ2v) is 5.79. The van der Waals surface area contributed by atoms with Gasteiger partial charge in [0.05, 0.1) is 21.3 Å².